The third-order valence-electron chi connectivity index (χ3n) is 4.71. The highest BCUT2D eigenvalue weighted by Crippen LogP contribution is 2.30. The van der Waals surface area contributed by atoms with Gasteiger partial charge in [-0.15, -0.1) is 0 Å². The van der Waals surface area contributed by atoms with Gasteiger partial charge in [-0.2, -0.15) is 5.26 Å². The number of hydrogen-bond acceptors (Lipinski definition) is 5. The number of carbonyl (C=O) groups excluding carboxylic acids is 3. The molecule has 1 fully saturated rings. The van der Waals surface area contributed by atoms with Gasteiger partial charge in [0.2, 0.25) is 11.8 Å². The summed E-state index contributed by atoms with van der Waals surface area (Å²) in [7, 11) is 0. The van der Waals surface area contributed by atoms with Gasteiger partial charge in [-0.3, -0.25) is 24.7 Å². The molecular weight excluding hydrogens is 332 g/mol. The van der Waals surface area contributed by atoms with Crippen LogP contribution in [0.25, 0.3) is 11.3 Å². The number of pyridine rings is 1. The van der Waals surface area contributed by atoms with Gasteiger partial charge in [0, 0.05) is 30.3 Å². The molecule has 1 unspecified atom stereocenters. The molecule has 3 amide bonds. The number of aromatic nitrogens is 1. The Labute approximate surface area is 149 Å². The van der Waals surface area contributed by atoms with Gasteiger partial charge in [0.1, 0.15) is 6.04 Å². The van der Waals surface area contributed by atoms with Crippen LogP contribution in [0.4, 0.5) is 0 Å². The van der Waals surface area contributed by atoms with Crippen LogP contribution in [0.2, 0.25) is 0 Å². The van der Waals surface area contributed by atoms with Crippen molar-refractivity contribution in [3.05, 3.63) is 53.2 Å². The fourth-order valence-electron chi connectivity index (χ4n) is 3.39. The average molecular weight is 346 g/mol. The molecular formula is C19H14N4O3. The number of nitrogens with zero attached hydrogens (tertiary/aromatic N) is 3. The number of nitriles is 1. The van der Waals surface area contributed by atoms with Crippen LogP contribution in [0.15, 0.2) is 36.5 Å². The first-order valence-corrected chi connectivity index (χ1v) is 8.21. The second kappa shape index (κ2) is 6.08. The van der Waals surface area contributed by atoms with E-state index in [1.165, 1.54) is 4.90 Å². The van der Waals surface area contributed by atoms with Gasteiger partial charge in [0.15, 0.2) is 0 Å². The van der Waals surface area contributed by atoms with E-state index in [-0.39, 0.29) is 18.2 Å². The summed E-state index contributed by atoms with van der Waals surface area (Å²) in [6.45, 7) is 0.312. The SMILES string of the molecule is N#Cc1ccnc(-c2ccc3c(c2)CN(C2CCC(=O)NC2=O)C3=O)c1. The minimum atomic E-state index is -0.629. The molecule has 0 radical (unpaired) electrons. The maximum Gasteiger partial charge on any atom is 0.255 e. The van der Waals surface area contributed by atoms with E-state index in [9.17, 15) is 14.4 Å². The molecule has 7 nitrogen and oxygen atoms in total. The highest BCUT2D eigenvalue weighted by Gasteiger charge is 2.39. The number of fused-ring (bicyclic) bond motifs is 1. The molecule has 1 saturated heterocycles. The predicted molar refractivity (Wildman–Crippen MR) is 90.4 cm³/mol. The van der Waals surface area contributed by atoms with Crippen LogP contribution in [0, 0.1) is 11.3 Å². The van der Waals surface area contributed by atoms with Gasteiger partial charge in [-0.25, -0.2) is 0 Å². The molecule has 0 spiro atoms. The first-order valence-electron chi connectivity index (χ1n) is 8.21. The standard InChI is InChI=1S/C19H14N4O3/c20-9-11-5-6-21-15(7-11)12-1-2-14-13(8-12)10-23(19(14)26)16-3-4-17(24)22-18(16)25/h1-2,5-8,16H,3-4,10H2,(H,22,24,25). The van der Waals surface area contributed by atoms with Crippen LogP contribution < -0.4 is 5.32 Å². The topological polar surface area (TPSA) is 103 Å². The van der Waals surface area contributed by atoms with Crippen LogP contribution in [-0.2, 0) is 16.1 Å². The van der Waals surface area contributed by atoms with E-state index < -0.39 is 11.9 Å². The number of carbonyl (C=O) groups is 3. The van der Waals surface area contributed by atoms with Gasteiger partial charge >= 0.3 is 0 Å². The second-order valence-corrected chi connectivity index (χ2v) is 6.31. The first-order chi connectivity index (χ1) is 12.6. The fourth-order valence-corrected chi connectivity index (χ4v) is 3.39. The highest BCUT2D eigenvalue weighted by molar-refractivity contribution is 6.05. The van der Waals surface area contributed by atoms with Crippen molar-refractivity contribution < 1.29 is 14.4 Å². The van der Waals surface area contributed by atoms with Crippen molar-refractivity contribution >= 4 is 17.7 Å². The maximum atomic E-state index is 12.7. The quantitative estimate of drug-likeness (QED) is 0.828. The van der Waals surface area contributed by atoms with Crippen molar-refractivity contribution in [2.75, 3.05) is 0 Å². The highest BCUT2D eigenvalue weighted by atomic mass is 16.2. The summed E-state index contributed by atoms with van der Waals surface area (Å²) < 4.78 is 0. The van der Waals surface area contributed by atoms with Crippen molar-refractivity contribution in [3.63, 3.8) is 0 Å². The number of amides is 3. The summed E-state index contributed by atoms with van der Waals surface area (Å²) in [4.78, 5) is 41.9. The number of hydrogen-bond donors (Lipinski definition) is 1. The van der Waals surface area contributed by atoms with Crippen molar-refractivity contribution in [1.29, 1.82) is 5.26 Å². The van der Waals surface area contributed by atoms with Crippen LogP contribution in [0.1, 0.15) is 34.3 Å². The molecule has 128 valence electrons. The predicted octanol–water partition coefficient (Wildman–Crippen LogP) is 1.38. The van der Waals surface area contributed by atoms with Gasteiger partial charge in [-0.05, 0) is 36.2 Å². The van der Waals surface area contributed by atoms with Crippen LogP contribution in [-0.4, -0.2) is 33.6 Å². The van der Waals surface area contributed by atoms with Gasteiger partial charge in [-0.1, -0.05) is 6.07 Å². The first kappa shape index (κ1) is 16.0. The summed E-state index contributed by atoms with van der Waals surface area (Å²) in [5.41, 5.74) is 3.32. The summed E-state index contributed by atoms with van der Waals surface area (Å²) in [5.74, 6) is -0.938. The lowest BCUT2D eigenvalue weighted by Gasteiger charge is -2.29. The maximum absolute atomic E-state index is 12.7. The molecule has 1 atom stereocenters. The smallest absolute Gasteiger partial charge is 0.255 e. The number of rotatable bonds is 2. The number of benzene rings is 1. The van der Waals surface area contributed by atoms with Crippen molar-refractivity contribution in [1.82, 2.24) is 15.2 Å². The van der Waals surface area contributed by atoms with E-state index in [4.69, 9.17) is 5.26 Å². The van der Waals surface area contributed by atoms with E-state index in [2.05, 4.69) is 16.4 Å². The zero-order valence-corrected chi connectivity index (χ0v) is 13.7. The monoisotopic (exact) mass is 346 g/mol. The molecule has 4 rings (SSSR count). The van der Waals surface area contributed by atoms with E-state index in [1.807, 2.05) is 6.07 Å². The fraction of sp³-hybridized carbons (Fsp3) is 0.211. The Balaban J connectivity index is 1.64. The van der Waals surface area contributed by atoms with Crippen molar-refractivity contribution in [2.24, 2.45) is 0 Å². The Kier molecular flexibility index (Phi) is 3.73. The van der Waals surface area contributed by atoms with Crippen molar-refractivity contribution in [2.45, 2.75) is 25.4 Å². The molecule has 0 saturated carbocycles. The summed E-state index contributed by atoms with van der Waals surface area (Å²) >= 11 is 0. The lowest BCUT2D eigenvalue weighted by atomic mass is 10.0. The molecule has 2 aliphatic heterocycles. The number of nitrogens with one attached hydrogen (secondary N) is 1. The number of imide groups is 1. The minimum absolute atomic E-state index is 0.209. The summed E-state index contributed by atoms with van der Waals surface area (Å²) in [6, 6.07) is 10.1. The largest absolute Gasteiger partial charge is 0.322 e. The normalized spacial score (nSPS) is 19.1. The average Bonchev–Trinajstić information content (AvgIpc) is 2.98. The molecule has 1 N–H and O–H groups in total. The molecule has 2 aliphatic rings. The van der Waals surface area contributed by atoms with E-state index in [0.29, 0.717) is 29.8 Å². The zero-order chi connectivity index (χ0) is 18.3. The molecule has 26 heavy (non-hydrogen) atoms. The number of piperidine rings is 1. The van der Waals surface area contributed by atoms with Crippen LogP contribution in [0.5, 0.6) is 0 Å². The van der Waals surface area contributed by atoms with Gasteiger partial charge in [0.05, 0.1) is 17.3 Å². The van der Waals surface area contributed by atoms with E-state index >= 15 is 0 Å². The molecule has 0 aliphatic carbocycles. The van der Waals surface area contributed by atoms with Crippen molar-refractivity contribution in [3.8, 4) is 17.3 Å². The Morgan fingerprint density at radius 1 is 1.19 bits per heavy atom. The zero-order valence-electron chi connectivity index (χ0n) is 13.7. The van der Waals surface area contributed by atoms with Gasteiger partial charge in [0.25, 0.3) is 5.91 Å². The second-order valence-electron chi connectivity index (χ2n) is 6.31. The summed E-state index contributed by atoms with van der Waals surface area (Å²) in [5, 5.41) is 11.3. The Morgan fingerprint density at radius 2 is 2.04 bits per heavy atom. The molecule has 2 aromatic rings. The molecule has 1 aromatic heterocycles. The molecule has 3 heterocycles. The Morgan fingerprint density at radius 3 is 2.81 bits per heavy atom. The van der Waals surface area contributed by atoms with Crippen LogP contribution in [0.3, 0.4) is 0 Å². The summed E-state index contributed by atoms with van der Waals surface area (Å²) in [6.07, 6.45) is 2.14. The van der Waals surface area contributed by atoms with Crippen LogP contribution >= 0.6 is 0 Å². The Hall–Kier alpha value is -3.53. The molecule has 0 bridgehead atoms. The third kappa shape index (κ3) is 2.62. The Bertz CT molecular complexity index is 993. The third-order valence-corrected chi connectivity index (χ3v) is 4.71. The van der Waals surface area contributed by atoms with Gasteiger partial charge < -0.3 is 4.90 Å². The lowest BCUT2D eigenvalue weighted by Crippen LogP contribution is -2.52. The lowest BCUT2D eigenvalue weighted by molar-refractivity contribution is -0.136. The molecule has 7 heteroatoms. The molecule has 1 aromatic carbocycles. The van der Waals surface area contributed by atoms with E-state index in [1.54, 1.807) is 30.5 Å². The van der Waals surface area contributed by atoms with E-state index in [0.717, 1.165) is 11.1 Å². The minimum Gasteiger partial charge on any atom is -0.322 e.